The van der Waals surface area contributed by atoms with E-state index in [9.17, 15) is 4.39 Å². The van der Waals surface area contributed by atoms with Crippen LogP contribution in [0.3, 0.4) is 0 Å². The third-order valence-electron chi connectivity index (χ3n) is 2.91. The summed E-state index contributed by atoms with van der Waals surface area (Å²) in [6.45, 7) is 0.867. The van der Waals surface area contributed by atoms with Crippen molar-refractivity contribution in [2.24, 2.45) is 0 Å². The Kier molecular flexibility index (Phi) is 5.03. The van der Waals surface area contributed by atoms with Crippen LogP contribution in [-0.2, 0) is 19.7 Å². The van der Waals surface area contributed by atoms with Gasteiger partial charge in [-0.25, -0.2) is 9.37 Å². The Morgan fingerprint density at radius 3 is 2.85 bits per heavy atom. The van der Waals surface area contributed by atoms with Gasteiger partial charge in [-0.2, -0.15) is 0 Å². The minimum absolute atomic E-state index is 0.295. The second-order valence-corrected chi connectivity index (χ2v) is 4.36. The number of nitrogens with zero attached hydrogens (tertiary/aromatic N) is 1. The lowest BCUT2D eigenvalue weighted by Gasteiger charge is -2.07. The number of methoxy groups -OCH3 is 1. The van der Waals surface area contributed by atoms with Crippen LogP contribution in [0.25, 0.3) is 0 Å². The highest BCUT2D eigenvalue weighted by Gasteiger charge is 2.03. The van der Waals surface area contributed by atoms with Crippen molar-refractivity contribution in [3.63, 3.8) is 0 Å². The molecule has 0 radical (unpaired) electrons. The summed E-state index contributed by atoms with van der Waals surface area (Å²) in [7, 11) is 1.58. The number of rotatable bonds is 6. The number of aliphatic hydroxyl groups excluding tert-OH is 1. The van der Waals surface area contributed by atoms with E-state index in [2.05, 4.69) is 10.3 Å². The fourth-order valence-corrected chi connectivity index (χ4v) is 1.86. The second kappa shape index (κ2) is 6.98. The van der Waals surface area contributed by atoms with Gasteiger partial charge in [0.1, 0.15) is 5.82 Å². The molecule has 0 atom stereocenters. The molecular weight excluding hydrogens is 259 g/mol. The molecule has 0 amide bonds. The lowest BCUT2D eigenvalue weighted by atomic mass is 10.1. The van der Waals surface area contributed by atoms with E-state index >= 15 is 0 Å². The first kappa shape index (κ1) is 14.4. The molecule has 5 heteroatoms. The fourth-order valence-electron chi connectivity index (χ4n) is 1.86. The van der Waals surface area contributed by atoms with Crippen molar-refractivity contribution in [2.45, 2.75) is 19.7 Å². The van der Waals surface area contributed by atoms with E-state index < -0.39 is 0 Å². The molecule has 0 spiro atoms. The van der Waals surface area contributed by atoms with Gasteiger partial charge in [0.2, 0.25) is 5.88 Å². The van der Waals surface area contributed by atoms with E-state index in [0.29, 0.717) is 24.5 Å². The molecular formula is C15H17FN2O2. The standard InChI is InChI=1S/C15H17FN2O2/c1-20-15-4-2-3-13(18-15)9-17-8-11-5-6-14(16)12(7-11)10-19/h2-7,17,19H,8-10H2,1H3. The van der Waals surface area contributed by atoms with Crippen LogP contribution in [0, 0.1) is 5.82 Å². The van der Waals surface area contributed by atoms with Gasteiger partial charge >= 0.3 is 0 Å². The van der Waals surface area contributed by atoms with Crippen molar-refractivity contribution in [2.75, 3.05) is 7.11 Å². The molecule has 0 unspecified atom stereocenters. The zero-order valence-electron chi connectivity index (χ0n) is 11.3. The first-order chi connectivity index (χ1) is 9.72. The maximum atomic E-state index is 13.2. The average Bonchev–Trinajstić information content (AvgIpc) is 2.49. The Morgan fingerprint density at radius 2 is 2.10 bits per heavy atom. The molecule has 0 fully saturated rings. The topological polar surface area (TPSA) is 54.4 Å². The van der Waals surface area contributed by atoms with E-state index in [1.165, 1.54) is 6.07 Å². The fraction of sp³-hybridized carbons (Fsp3) is 0.267. The molecule has 0 aliphatic heterocycles. The van der Waals surface area contributed by atoms with Gasteiger partial charge in [0.25, 0.3) is 0 Å². The number of aliphatic hydroxyl groups is 1. The molecule has 106 valence electrons. The van der Waals surface area contributed by atoms with Crippen LogP contribution in [0.15, 0.2) is 36.4 Å². The quantitative estimate of drug-likeness (QED) is 0.847. The van der Waals surface area contributed by atoms with Crippen LogP contribution in [0.2, 0.25) is 0 Å². The third kappa shape index (κ3) is 3.76. The summed E-state index contributed by atoms with van der Waals surface area (Å²) in [5.41, 5.74) is 2.09. The van der Waals surface area contributed by atoms with Gasteiger partial charge in [-0.3, -0.25) is 0 Å². The molecule has 0 bridgehead atoms. The minimum atomic E-state index is -0.384. The van der Waals surface area contributed by atoms with Crippen LogP contribution >= 0.6 is 0 Å². The highest BCUT2D eigenvalue weighted by Crippen LogP contribution is 2.11. The molecule has 2 rings (SSSR count). The Balaban J connectivity index is 1.92. The van der Waals surface area contributed by atoms with Crippen molar-refractivity contribution in [1.29, 1.82) is 0 Å². The molecule has 4 nitrogen and oxygen atoms in total. The van der Waals surface area contributed by atoms with Gasteiger partial charge in [-0.05, 0) is 23.8 Å². The Hall–Kier alpha value is -1.98. The van der Waals surface area contributed by atoms with Crippen LogP contribution in [0.1, 0.15) is 16.8 Å². The molecule has 0 saturated carbocycles. The van der Waals surface area contributed by atoms with Crippen molar-refractivity contribution >= 4 is 0 Å². The van der Waals surface area contributed by atoms with E-state index in [-0.39, 0.29) is 12.4 Å². The zero-order valence-corrected chi connectivity index (χ0v) is 11.3. The van der Waals surface area contributed by atoms with Gasteiger partial charge in [0.05, 0.1) is 19.4 Å². The number of halogens is 1. The van der Waals surface area contributed by atoms with Gasteiger partial charge in [0, 0.05) is 24.7 Å². The predicted octanol–water partition coefficient (Wildman–Crippen LogP) is 2.01. The van der Waals surface area contributed by atoms with Crippen molar-refractivity contribution in [1.82, 2.24) is 10.3 Å². The van der Waals surface area contributed by atoms with Crippen molar-refractivity contribution in [3.05, 3.63) is 59.0 Å². The van der Waals surface area contributed by atoms with Gasteiger partial charge in [-0.1, -0.05) is 12.1 Å². The normalized spacial score (nSPS) is 10.6. The summed E-state index contributed by atoms with van der Waals surface area (Å²) in [5.74, 6) is 0.194. The Labute approximate surface area is 117 Å². The van der Waals surface area contributed by atoms with Crippen molar-refractivity contribution in [3.8, 4) is 5.88 Å². The number of ether oxygens (including phenoxy) is 1. The van der Waals surface area contributed by atoms with Gasteiger partial charge in [-0.15, -0.1) is 0 Å². The van der Waals surface area contributed by atoms with E-state index in [4.69, 9.17) is 9.84 Å². The number of aromatic nitrogens is 1. The molecule has 0 aliphatic rings. The van der Waals surface area contributed by atoms with E-state index in [0.717, 1.165) is 11.3 Å². The number of hydrogen-bond acceptors (Lipinski definition) is 4. The monoisotopic (exact) mass is 276 g/mol. The maximum absolute atomic E-state index is 13.2. The summed E-state index contributed by atoms with van der Waals surface area (Å²) in [5, 5.41) is 12.2. The van der Waals surface area contributed by atoms with Crippen LogP contribution in [0.5, 0.6) is 5.88 Å². The van der Waals surface area contributed by atoms with Crippen LogP contribution < -0.4 is 10.1 Å². The molecule has 1 aromatic heterocycles. The smallest absolute Gasteiger partial charge is 0.213 e. The summed E-state index contributed by atoms with van der Waals surface area (Å²) < 4.78 is 18.3. The first-order valence-corrected chi connectivity index (χ1v) is 6.31. The number of nitrogens with one attached hydrogen (secondary N) is 1. The summed E-state index contributed by atoms with van der Waals surface area (Å²) >= 11 is 0. The minimum Gasteiger partial charge on any atom is -0.481 e. The molecule has 1 heterocycles. The maximum Gasteiger partial charge on any atom is 0.213 e. The highest BCUT2D eigenvalue weighted by atomic mass is 19.1. The Morgan fingerprint density at radius 1 is 1.25 bits per heavy atom. The SMILES string of the molecule is COc1cccc(CNCc2ccc(F)c(CO)c2)n1. The van der Waals surface area contributed by atoms with E-state index in [1.807, 2.05) is 12.1 Å². The largest absolute Gasteiger partial charge is 0.481 e. The number of pyridine rings is 1. The molecule has 0 aliphatic carbocycles. The lowest BCUT2D eigenvalue weighted by molar-refractivity contribution is 0.275. The first-order valence-electron chi connectivity index (χ1n) is 6.31. The highest BCUT2D eigenvalue weighted by molar-refractivity contribution is 5.24. The summed E-state index contributed by atoms with van der Waals surface area (Å²) in [6, 6.07) is 10.3. The molecule has 1 aromatic carbocycles. The number of benzene rings is 1. The third-order valence-corrected chi connectivity index (χ3v) is 2.91. The molecule has 2 N–H and O–H groups in total. The number of hydrogen-bond donors (Lipinski definition) is 2. The second-order valence-electron chi connectivity index (χ2n) is 4.36. The molecule has 2 aromatic rings. The average molecular weight is 276 g/mol. The summed E-state index contributed by atoms with van der Waals surface area (Å²) in [4.78, 5) is 4.29. The van der Waals surface area contributed by atoms with E-state index in [1.54, 1.807) is 25.3 Å². The van der Waals surface area contributed by atoms with Crippen LogP contribution in [-0.4, -0.2) is 17.2 Å². The van der Waals surface area contributed by atoms with Crippen LogP contribution in [0.4, 0.5) is 4.39 Å². The van der Waals surface area contributed by atoms with Gasteiger partial charge < -0.3 is 15.2 Å². The molecule has 20 heavy (non-hydrogen) atoms. The Bertz CT molecular complexity index is 576. The lowest BCUT2D eigenvalue weighted by Crippen LogP contribution is -2.14. The van der Waals surface area contributed by atoms with Gasteiger partial charge in [0.15, 0.2) is 0 Å². The summed E-state index contributed by atoms with van der Waals surface area (Å²) in [6.07, 6.45) is 0. The van der Waals surface area contributed by atoms with Crippen molar-refractivity contribution < 1.29 is 14.2 Å². The predicted molar refractivity (Wildman–Crippen MR) is 73.7 cm³/mol. The molecule has 0 saturated heterocycles. The zero-order chi connectivity index (χ0) is 14.4.